The van der Waals surface area contributed by atoms with Gasteiger partial charge in [0.15, 0.2) is 0 Å². The Morgan fingerprint density at radius 1 is 1.33 bits per heavy atom. The first-order valence-corrected chi connectivity index (χ1v) is 5.40. The number of aliphatic hydroxyl groups is 1. The van der Waals surface area contributed by atoms with Crippen molar-refractivity contribution in [1.82, 2.24) is 9.97 Å². The molecule has 0 aromatic carbocycles. The van der Waals surface area contributed by atoms with Crippen molar-refractivity contribution in [1.29, 1.82) is 0 Å². The second-order valence-electron chi connectivity index (χ2n) is 3.64. The first-order valence-electron chi connectivity index (χ1n) is 5.40. The van der Waals surface area contributed by atoms with Crippen LogP contribution < -0.4 is 4.90 Å². The summed E-state index contributed by atoms with van der Waals surface area (Å²) in [4.78, 5) is 10.5. The van der Waals surface area contributed by atoms with Crippen LogP contribution in [0.5, 0.6) is 0 Å². The molecule has 4 heteroatoms. The molecule has 0 aliphatic rings. The van der Waals surface area contributed by atoms with E-state index in [4.69, 9.17) is 5.11 Å². The minimum Gasteiger partial charge on any atom is -0.396 e. The minimum absolute atomic E-state index is 0.207. The van der Waals surface area contributed by atoms with Gasteiger partial charge in [-0.05, 0) is 18.4 Å². The lowest BCUT2D eigenvalue weighted by Gasteiger charge is -2.15. The fraction of sp³-hybridized carbons (Fsp3) is 0.636. The molecule has 0 radical (unpaired) electrons. The molecule has 0 aliphatic heterocycles. The second-order valence-corrected chi connectivity index (χ2v) is 3.64. The molecule has 0 spiro atoms. The van der Waals surface area contributed by atoms with Crippen LogP contribution in [0.3, 0.4) is 0 Å². The summed E-state index contributed by atoms with van der Waals surface area (Å²) in [5, 5.41) is 8.71. The number of aryl methyl sites for hydroxylation is 1. The van der Waals surface area contributed by atoms with E-state index in [1.807, 2.05) is 24.3 Å². The molecule has 0 aliphatic carbocycles. The normalized spacial score (nSPS) is 10.3. The van der Waals surface area contributed by atoms with Gasteiger partial charge in [-0.25, -0.2) is 9.97 Å². The molecular formula is C11H19N3O. The van der Waals surface area contributed by atoms with Crippen molar-refractivity contribution in [2.24, 2.45) is 0 Å². The standard InChI is InChI=1S/C11H19N3O/c1-3-5-10-8-12-11(13-9-10)14(2)6-4-7-15/h8-9,15H,3-7H2,1-2H3. The highest BCUT2D eigenvalue weighted by atomic mass is 16.3. The van der Waals surface area contributed by atoms with E-state index in [1.54, 1.807) is 0 Å². The van der Waals surface area contributed by atoms with Crippen molar-refractivity contribution in [2.45, 2.75) is 26.2 Å². The lowest BCUT2D eigenvalue weighted by Crippen LogP contribution is -2.21. The topological polar surface area (TPSA) is 49.2 Å². The van der Waals surface area contributed by atoms with Crippen LogP contribution >= 0.6 is 0 Å². The van der Waals surface area contributed by atoms with Crippen molar-refractivity contribution in [3.8, 4) is 0 Å². The highest BCUT2D eigenvalue weighted by Crippen LogP contribution is 2.06. The summed E-state index contributed by atoms with van der Waals surface area (Å²) in [7, 11) is 1.94. The predicted molar refractivity (Wildman–Crippen MR) is 61.0 cm³/mol. The zero-order valence-electron chi connectivity index (χ0n) is 9.48. The highest BCUT2D eigenvalue weighted by Gasteiger charge is 2.02. The summed E-state index contributed by atoms with van der Waals surface area (Å²) < 4.78 is 0. The van der Waals surface area contributed by atoms with Crippen LogP contribution in [0.4, 0.5) is 5.95 Å². The number of hydrogen-bond donors (Lipinski definition) is 1. The molecule has 0 bridgehead atoms. The van der Waals surface area contributed by atoms with E-state index < -0.39 is 0 Å². The van der Waals surface area contributed by atoms with Crippen LogP contribution in [0.25, 0.3) is 0 Å². The quantitative estimate of drug-likeness (QED) is 0.766. The van der Waals surface area contributed by atoms with Gasteiger partial charge in [0.1, 0.15) is 0 Å². The van der Waals surface area contributed by atoms with Gasteiger partial charge in [0, 0.05) is 32.6 Å². The van der Waals surface area contributed by atoms with E-state index >= 15 is 0 Å². The van der Waals surface area contributed by atoms with E-state index in [9.17, 15) is 0 Å². The average Bonchev–Trinajstić information content (AvgIpc) is 2.27. The number of nitrogens with zero attached hydrogens (tertiary/aromatic N) is 3. The van der Waals surface area contributed by atoms with Gasteiger partial charge in [0.2, 0.25) is 5.95 Å². The number of anilines is 1. The molecule has 0 atom stereocenters. The Hall–Kier alpha value is -1.16. The number of aromatic nitrogens is 2. The average molecular weight is 209 g/mol. The first-order chi connectivity index (χ1) is 7.27. The van der Waals surface area contributed by atoms with Gasteiger partial charge < -0.3 is 10.0 Å². The van der Waals surface area contributed by atoms with Gasteiger partial charge >= 0.3 is 0 Å². The van der Waals surface area contributed by atoms with Gasteiger partial charge in [-0.2, -0.15) is 0 Å². The Balaban J connectivity index is 2.54. The van der Waals surface area contributed by atoms with E-state index in [0.29, 0.717) is 0 Å². The van der Waals surface area contributed by atoms with Gasteiger partial charge in [-0.15, -0.1) is 0 Å². The van der Waals surface area contributed by atoms with Crippen molar-refractivity contribution in [3.05, 3.63) is 18.0 Å². The van der Waals surface area contributed by atoms with E-state index in [1.165, 1.54) is 5.56 Å². The molecule has 1 rings (SSSR count). The lowest BCUT2D eigenvalue weighted by atomic mass is 10.2. The SMILES string of the molecule is CCCc1cnc(N(C)CCCO)nc1. The summed E-state index contributed by atoms with van der Waals surface area (Å²) >= 11 is 0. The third-order valence-corrected chi connectivity index (χ3v) is 2.22. The second kappa shape index (κ2) is 6.35. The molecule has 0 saturated heterocycles. The van der Waals surface area contributed by atoms with Gasteiger partial charge in [0.25, 0.3) is 0 Å². The summed E-state index contributed by atoms with van der Waals surface area (Å²) in [6, 6.07) is 0. The molecule has 1 heterocycles. The Labute approximate surface area is 91.0 Å². The van der Waals surface area contributed by atoms with Crippen LogP contribution in [0.2, 0.25) is 0 Å². The van der Waals surface area contributed by atoms with Crippen molar-refractivity contribution >= 4 is 5.95 Å². The zero-order valence-corrected chi connectivity index (χ0v) is 9.48. The zero-order chi connectivity index (χ0) is 11.1. The van der Waals surface area contributed by atoms with Crippen molar-refractivity contribution in [3.63, 3.8) is 0 Å². The smallest absolute Gasteiger partial charge is 0.224 e. The summed E-state index contributed by atoms with van der Waals surface area (Å²) in [5.41, 5.74) is 1.18. The van der Waals surface area contributed by atoms with Gasteiger partial charge in [-0.1, -0.05) is 13.3 Å². The number of rotatable bonds is 6. The summed E-state index contributed by atoms with van der Waals surface area (Å²) in [6.45, 7) is 3.13. The largest absolute Gasteiger partial charge is 0.396 e. The minimum atomic E-state index is 0.207. The Morgan fingerprint density at radius 3 is 2.53 bits per heavy atom. The molecule has 0 amide bonds. The third-order valence-electron chi connectivity index (χ3n) is 2.22. The van der Waals surface area contributed by atoms with Crippen LogP contribution in [-0.4, -0.2) is 35.3 Å². The first kappa shape index (κ1) is 11.9. The van der Waals surface area contributed by atoms with Crippen LogP contribution in [0.1, 0.15) is 25.3 Å². The van der Waals surface area contributed by atoms with Crippen LogP contribution in [0.15, 0.2) is 12.4 Å². The van der Waals surface area contributed by atoms with E-state index in [0.717, 1.165) is 31.8 Å². The number of aliphatic hydroxyl groups excluding tert-OH is 1. The lowest BCUT2D eigenvalue weighted by molar-refractivity contribution is 0.290. The van der Waals surface area contributed by atoms with Gasteiger partial charge in [-0.3, -0.25) is 0 Å². The molecule has 4 nitrogen and oxygen atoms in total. The van der Waals surface area contributed by atoms with Crippen LogP contribution in [-0.2, 0) is 6.42 Å². The maximum absolute atomic E-state index is 8.71. The third kappa shape index (κ3) is 3.83. The summed E-state index contributed by atoms with van der Waals surface area (Å²) in [6.07, 6.45) is 6.64. The number of hydrogen-bond acceptors (Lipinski definition) is 4. The van der Waals surface area contributed by atoms with E-state index in [-0.39, 0.29) is 6.61 Å². The van der Waals surface area contributed by atoms with Crippen LogP contribution in [0, 0.1) is 0 Å². The predicted octanol–water partition coefficient (Wildman–Crippen LogP) is 1.25. The maximum atomic E-state index is 8.71. The van der Waals surface area contributed by atoms with Crippen molar-refractivity contribution in [2.75, 3.05) is 25.1 Å². The molecular weight excluding hydrogens is 190 g/mol. The monoisotopic (exact) mass is 209 g/mol. The molecule has 1 aromatic heterocycles. The summed E-state index contributed by atoms with van der Waals surface area (Å²) in [5.74, 6) is 0.725. The molecule has 15 heavy (non-hydrogen) atoms. The molecule has 84 valence electrons. The highest BCUT2D eigenvalue weighted by molar-refractivity contribution is 5.28. The fourth-order valence-corrected chi connectivity index (χ4v) is 1.37. The van der Waals surface area contributed by atoms with Gasteiger partial charge in [0.05, 0.1) is 0 Å². The van der Waals surface area contributed by atoms with E-state index in [2.05, 4.69) is 16.9 Å². The molecule has 1 N–H and O–H groups in total. The molecule has 0 unspecified atom stereocenters. The van der Waals surface area contributed by atoms with Crippen molar-refractivity contribution < 1.29 is 5.11 Å². The molecule has 0 saturated carbocycles. The molecule has 1 aromatic rings. The Bertz CT molecular complexity index is 274. The maximum Gasteiger partial charge on any atom is 0.224 e. The Kier molecular flexibility index (Phi) is 5.04. The Morgan fingerprint density at radius 2 is 2.00 bits per heavy atom. The molecule has 0 fully saturated rings. The fourth-order valence-electron chi connectivity index (χ4n) is 1.37.